The first-order chi connectivity index (χ1) is 12.5. The number of carbonyl (C=O) groups excluding carboxylic acids is 1. The molecule has 1 amide bonds. The first kappa shape index (κ1) is 17.7. The fourth-order valence-electron chi connectivity index (χ4n) is 2.29. The van der Waals surface area contributed by atoms with Gasteiger partial charge in [-0.3, -0.25) is 4.79 Å². The van der Waals surface area contributed by atoms with E-state index in [2.05, 4.69) is 10.3 Å². The smallest absolute Gasteiger partial charge is 0.258 e. The van der Waals surface area contributed by atoms with Crippen molar-refractivity contribution in [1.29, 1.82) is 0 Å². The zero-order valence-corrected chi connectivity index (χ0v) is 14.3. The maximum atomic E-state index is 13.7. The highest BCUT2D eigenvalue weighted by atomic mass is 35.5. The van der Waals surface area contributed by atoms with Gasteiger partial charge < -0.3 is 15.8 Å². The minimum Gasteiger partial charge on any atom is -0.485 e. The molecule has 3 aromatic rings. The zero-order chi connectivity index (χ0) is 18.5. The molecule has 1 aromatic heterocycles. The van der Waals surface area contributed by atoms with E-state index in [0.717, 1.165) is 5.56 Å². The van der Waals surface area contributed by atoms with Gasteiger partial charge in [0.05, 0.1) is 10.6 Å². The number of carbonyl (C=O) groups is 1. The number of anilines is 2. The van der Waals surface area contributed by atoms with Crippen molar-refractivity contribution < 1.29 is 13.9 Å². The topological polar surface area (TPSA) is 77.2 Å². The predicted octanol–water partition coefficient (Wildman–Crippen LogP) is 4.29. The molecule has 1 heterocycles. The lowest BCUT2D eigenvalue weighted by molar-refractivity contribution is 0.102. The van der Waals surface area contributed by atoms with Gasteiger partial charge in [-0.15, -0.1) is 0 Å². The van der Waals surface area contributed by atoms with Gasteiger partial charge in [0.25, 0.3) is 5.91 Å². The largest absolute Gasteiger partial charge is 0.485 e. The molecular formula is C19H15ClFN3O2. The summed E-state index contributed by atoms with van der Waals surface area (Å²) in [7, 11) is 0. The van der Waals surface area contributed by atoms with Crippen LogP contribution in [0.2, 0.25) is 5.02 Å². The molecule has 3 rings (SSSR count). The first-order valence-corrected chi connectivity index (χ1v) is 8.09. The van der Waals surface area contributed by atoms with Crippen LogP contribution < -0.4 is 15.8 Å². The van der Waals surface area contributed by atoms with Gasteiger partial charge in [0.15, 0.2) is 11.6 Å². The van der Waals surface area contributed by atoms with Crippen LogP contribution in [0.5, 0.6) is 5.75 Å². The van der Waals surface area contributed by atoms with Crippen LogP contribution >= 0.6 is 11.6 Å². The Morgan fingerprint density at radius 2 is 2.00 bits per heavy atom. The molecule has 0 bridgehead atoms. The Bertz CT molecular complexity index is 950. The normalized spacial score (nSPS) is 10.4. The van der Waals surface area contributed by atoms with Crippen LogP contribution in [0, 0.1) is 5.82 Å². The van der Waals surface area contributed by atoms with E-state index in [0.29, 0.717) is 16.5 Å². The van der Waals surface area contributed by atoms with Crippen molar-refractivity contribution in [3.63, 3.8) is 0 Å². The second-order valence-electron chi connectivity index (χ2n) is 5.46. The lowest BCUT2D eigenvalue weighted by Gasteiger charge is -2.10. The van der Waals surface area contributed by atoms with Gasteiger partial charge >= 0.3 is 0 Å². The van der Waals surface area contributed by atoms with Crippen molar-refractivity contribution in [3.8, 4) is 5.75 Å². The van der Waals surface area contributed by atoms with E-state index in [4.69, 9.17) is 22.1 Å². The summed E-state index contributed by atoms with van der Waals surface area (Å²) in [6, 6.07) is 14.4. The lowest BCUT2D eigenvalue weighted by atomic mass is 10.1. The summed E-state index contributed by atoms with van der Waals surface area (Å²) in [4.78, 5) is 16.1. The van der Waals surface area contributed by atoms with Gasteiger partial charge in [-0.25, -0.2) is 9.37 Å². The minimum absolute atomic E-state index is 0.0214. The monoisotopic (exact) mass is 371 g/mol. The van der Waals surface area contributed by atoms with Gasteiger partial charge in [0.1, 0.15) is 12.4 Å². The molecule has 132 valence electrons. The van der Waals surface area contributed by atoms with E-state index in [-0.39, 0.29) is 18.0 Å². The summed E-state index contributed by atoms with van der Waals surface area (Å²) in [5.41, 5.74) is 7.03. The molecule has 2 aromatic carbocycles. The second kappa shape index (κ2) is 7.84. The van der Waals surface area contributed by atoms with Crippen molar-refractivity contribution in [2.75, 3.05) is 11.1 Å². The molecule has 0 unspecified atom stereocenters. The molecule has 0 aliphatic carbocycles. The number of hydrogen-bond acceptors (Lipinski definition) is 4. The quantitative estimate of drug-likeness (QED) is 0.701. The number of pyridine rings is 1. The Morgan fingerprint density at radius 3 is 2.81 bits per heavy atom. The average molecular weight is 372 g/mol. The second-order valence-corrected chi connectivity index (χ2v) is 5.90. The van der Waals surface area contributed by atoms with E-state index < -0.39 is 11.7 Å². The number of nitrogens with two attached hydrogens (primary N) is 1. The zero-order valence-electron chi connectivity index (χ0n) is 13.6. The van der Waals surface area contributed by atoms with Gasteiger partial charge in [0.2, 0.25) is 0 Å². The number of nitrogen functional groups attached to an aromatic ring is 1. The Labute approximate surface area is 154 Å². The van der Waals surface area contributed by atoms with Crippen molar-refractivity contribution in [3.05, 3.63) is 82.8 Å². The Kier molecular flexibility index (Phi) is 5.34. The van der Waals surface area contributed by atoms with Gasteiger partial charge in [-0.1, -0.05) is 35.9 Å². The molecule has 5 nitrogen and oxygen atoms in total. The average Bonchev–Trinajstić information content (AvgIpc) is 2.63. The van der Waals surface area contributed by atoms with Crippen LogP contribution in [-0.2, 0) is 6.61 Å². The SMILES string of the molecule is Nc1ncc(Cl)cc1OCc1cccc(NC(=O)c2ccccc2F)c1. The molecular weight excluding hydrogens is 357 g/mol. The fourth-order valence-corrected chi connectivity index (χ4v) is 2.44. The number of nitrogens with one attached hydrogen (secondary N) is 1. The summed E-state index contributed by atoms with van der Waals surface area (Å²) in [5, 5.41) is 3.08. The molecule has 0 saturated carbocycles. The summed E-state index contributed by atoms with van der Waals surface area (Å²) in [6.07, 6.45) is 1.43. The third-order valence-corrected chi connectivity index (χ3v) is 3.75. The maximum Gasteiger partial charge on any atom is 0.258 e. The Morgan fingerprint density at radius 1 is 1.19 bits per heavy atom. The van der Waals surface area contributed by atoms with Crippen LogP contribution in [0.3, 0.4) is 0 Å². The fraction of sp³-hybridized carbons (Fsp3) is 0.0526. The summed E-state index contributed by atoms with van der Waals surface area (Å²) >= 11 is 5.88. The van der Waals surface area contributed by atoms with Crippen LogP contribution in [0.1, 0.15) is 15.9 Å². The number of hydrogen-bond donors (Lipinski definition) is 2. The minimum atomic E-state index is -0.576. The van der Waals surface area contributed by atoms with E-state index in [9.17, 15) is 9.18 Å². The molecule has 0 fully saturated rings. The molecule has 0 spiro atoms. The van der Waals surface area contributed by atoms with Crippen molar-refractivity contribution in [2.24, 2.45) is 0 Å². The lowest BCUT2D eigenvalue weighted by Crippen LogP contribution is -2.13. The highest BCUT2D eigenvalue weighted by molar-refractivity contribution is 6.30. The molecule has 26 heavy (non-hydrogen) atoms. The molecule has 0 atom stereocenters. The van der Waals surface area contributed by atoms with Crippen molar-refractivity contribution in [1.82, 2.24) is 4.98 Å². The summed E-state index contributed by atoms with van der Waals surface area (Å²) in [5.74, 6) is -0.491. The molecule has 0 saturated heterocycles. The number of halogens is 2. The van der Waals surface area contributed by atoms with E-state index in [1.807, 2.05) is 6.07 Å². The van der Waals surface area contributed by atoms with Crippen LogP contribution in [0.25, 0.3) is 0 Å². The number of nitrogens with zero attached hydrogens (tertiary/aromatic N) is 1. The Hall–Kier alpha value is -3.12. The number of rotatable bonds is 5. The molecule has 0 aliphatic rings. The number of amides is 1. The van der Waals surface area contributed by atoms with E-state index >= 15 is 0 Å². The van der Waals surface area contributed by atoms with Crippen LogP contribution in [0.4, 0.5) is 15.9 Å². The van der Waals surface area contributed by atoms with Crippen molar-refractivity contribution in [2.45, 2.75) is 6.61 Å². The van der Waals surface area contributed by atoms with E-state index in [1.165, 1.54) is 24.4 Å². The third kappa shape index (κ3) is 4.29. The van der Waals surface area contributed by atoms with Crippen LogP contribution in [-0.4, -0.2) is 10.9 Å². The first-order valence-electron chi connectivity index (χ1n) is 7.71. The third-order valence-electron chi connectivity index (χ3n) is 3.55. The predicted molar refractivity (Wildman–Crippen MR) is 98.8 cm³/mol. The van der Waals surface area contributed by atoms with Gasteiger partial charge in [0, 0.05) is 18.0 Å². The molecule has 3 N–H and O–H groups in total. The standard InChI is InChI=1S/C19H15ClFN3O2/c20-13-9-17(18(22)23-10-13)26-11-12-4-3-5-14(8-12)24-19(25)15-6-1-2-7-16(15)21/h1-10H,11H2,(H2,22,23)(H,24,25). The molecule has 0 aliphatic heterocycles. The van der Waals surface area contributed by atoms with Crippen LogP contribution in [0.15, 0.2) is 60.8 Å². The number of aromatic nitrogens is 1. The maximum absolute atomic E-state index is 13.7. The Balaban J connectivity index is 1.69. The highest BCUT2D eigenvalue weighted by Gasteiger charge is 2.11. The number of ether oxygens (including phenoxy) is 1. The highest BCUT2D eigenvalue weighted by Crippen LogP contribution is 2.24. The molecule has 0 radical (unpaired) electrons. The summed E-state index contributed by atoms with van der Waals surface area (Å²) < 4.78 is 19.3. The summed E-state index contributed by atoms with van der Waals surface area (Å²) in [6.45, 7) is 0.204. The number of benzene rings is 2. The van der Waals surface area contributed by atoms with Crippen molar-refractivity contribution >= 4 is 29.0 Å². The molecule has 7 heteroatoms. The van der Waals surface area contributed by atoms with Gasteiger partial charge in [-0.2, -0.15) is 0 Å². The van der Waals surface area contributed by atoms with E-state index in [1.54, 1.807) is 30.3 Å². The van der Waals surface area contributed by atoms with Gasteiger partial charge in [-0.05, 0) is 29.8 Å².